The van der Waals surface area contributed by atoms with Crippen LogP contribution in [-0.4, -0.2) is 17.0 Å². The van der Waals surface area contributed by atoms with Gasteiger partial charge in [-0.1, -0.05) is 0 Å². The topological polar surface area (TPSA) is 77.3 Å². The lowest BCUT2D eigenvalue weighted by atomic mass is 10.2. The van der Waals surface area contributed by atoms with E-state index in [0.717, 1.165) is 16.3 Å². The third-order valence-electron chi connectivity index (χ3n) is 2.68. The number of benzene rings is 1. The van der Waals surface area contributed by atoms with E-state index in [9.17, 15) is 10.1 Å². The molecule has 2 rings (SSSR count). The molecule has 1 aromatic heterocycles. The Kier molecular flexibility index (Phi) is 3.96. The molecule has 0 bridgehead atoms. The molecule has 0 aliphatic heterocycles. The largest absolute Gasteiger partial charge is 0.494 e. The minimum atomic E-state index is -0.445. The molecule has 0 radical (unpaired) electrons. The van der Waals surface area contributed by atoms with E-state index in [2.05, 4.69) is 10.3 Å². The summed E-state index contributed by atoms with van der Waals surface area (Å²) < 4.78 is 5.16. The average Bonchev–Trinajstić information content (AvgIpc) is 2.81. The van der Waals surface area contributed by atoms with E-state index in [-0.39, 0.29) is 5.69 Å². The van der Waals surface area contributed by atoms with E-state index in [0.29, 0.717) is 12.3 Å². The lowest BCUT2D eigenvalue weighted by molar-refractivity contribution is -0.384. The quantitative estimate of drug-likeness (QED) is 0.672. The Bertz CT molecular complexity index is 598. The monoisotopic (exact) mass is 279 g/mol. The van der Waals surface area contributed by atoms with Crippen LogP contribution in [0.3, 0.4) is 0 Å². The van der Waals surface area contributed by atoms with Crippen LogP contribution in [0.4, 0.5) is 11.4 Å². The first-order valence-corrected chi connectivity index (χ1v) is 6.45. The van der Waals surface area contributed by atoms with E-state index in [1.807, 2.05) is 6.92 Å². The standard InChI is InChI=1S/C12H13N3O3S/c1-8-12(19-7-14-8)6-13-10-4-3-9(15(16)17)5-11(10)18-2/h3-5,7,13H,6H2,1-2H3. The first-order chi connectivity index (χ1) is 9.11. The molecule has 2 aromatic rings. The van der Waals surface area contributed by atoms with Gasteiger partial charge in [-0.3, -0.25) is 10.1 Å². The van der Waals surface area contributed by atoms with Crippen molar-refractivity contribution < 1.29 is 9.66 Å². The number of hydrogen-bond donors (Lipinski definition) is 1. The summed E-state index contributed by atoms with van der Waals surface area (Å²) in [7, 11) is 1.49. The molecule has 19 heavy (non-hydrogen) atoms. The highest BCUT2D eigenvalue weighted by Gasteiger charge is 2.11. The van der Waals surface area contributed by atoms with E-state index in [1.165, 1.54) is 19.2 Å². The van der Waals surface area contributed by atoms with Crippen molar-refractivity contribution in [3.63, 3.8) is 0 Å². The fourth-order valence-corrected chi connectivity index (χ4v) is 2.33. The number of rotatable bonds is 5. The second-order valence-electron chi connectivity index (χ2n) is 3.86. The molecule has 0 aliphatic rings. The Morgan fingerprint density at radius 3 is 2.89 bits per heavy atom. The maximum atomic E-state index is 10.7. The SMILES string of the molecule is COc1cc([N+](=O)[O-])ccc1NCc1scnc1C. The number of thiazole rings is 1. The fourth-order valence-electron chi connectivity index (χ4n) is 1.61. The van der Waals surface area contributed by atoms with E-state index in [1.54, 1.807) is 22.9 Å². The molecule has 7 heteroatoms. The van der Waals surface area contributed by atoms with Crippen LogP contribution >= 0.6 is 11.3 Å². The van der Waals surface area contributed by atoms with Gasteiger partial charge in [0.25, 0.3) is 5.69 Å². The first-order valence-electron chi connectivity index (χ1n) is 5.57. The number of hydrogen-bond acceptors (Lipinski definition) is 6. The van der Waals surface area contributed by atoms with Gasteiger partial charge in [0.1, 0.15) is 5.75 Å². The number of ether oxygens (including phenoxy) is 1. The third kappa shape index (κ3) is 3.00. The zero-order valence-corrected chi connectivity index (χ0v) is 11.4. The predicted octanol–water partition coefficient (Wildman–Crippen LogP) is 2.98. The number of aryl methyl sites for hydroxylation is 1. The molecule has 0 unspecified atom stereocenters. The average molecular weight is 279 g/mol. The Morgan fingerprint density at radius 1 is 1.53 bits per heavy atom. The van der Waals surface area contributed by atoms with Crippen LogP contribution in [0.25, 0.3) is 0 Å². The Balaban J connectivity index is 2.16. The van der Waals surface area contributed by atoms with Crippen LogP contribution in [0.2, 0.25) is 0 Å². The summed E-state index contributed by atoms with van der Waals surface area (Å²) in [4.78, 5) is 15.5. The van der Waals surface area contributed by atoms with Crippen molar-refractivity contribution in [2.45, 2.75) is 13.5 Å². The van der Waals surface area contributed by atoms with Gasteiger partial charge in [-0.05, 0) is 13.0 Å². The van der Waals surface area contributed by atoms with Crippen LogP contribution in [0.1, 0.15) is 10.6 Å². The molecule has 100 valence electrons. The molecule has 0 fully saturated rings. The molecule has 0 amide bonds. The lowest BCUT2D eigenvalue weighted by Gasteiger charge is -2.10. The lowest BCUT2D eigenvalue weighted by Crippen LogP contribution is -2.01. The Labute approximate surface area is 114 Å². The third-order valence-corrected chi connectivity index (χ3v) is 3.62. The second-order valence-corrected chi connectivity index (χ2v) is 4.80. The number of methoxy groups -OCH3 is 1. The van der Waals surface area contributed by atoms with Crippen molar-refractivity contribution in [3.05, 3.63) is 44.4 Å². The summed E-state index contributed by atoms with van der Waals surface area (Å²) in [6.45, 7) is 2.56. The molecule has 0 atom stereocenters. The minimum absolute atomic E-state index is 0.0105. The minimum Gasteiger partial charge on any atom is -0.494 e. The highest BCUT2D eigenvalue weighted by molar-refractivity contribution is 7.09. The summed E-state index contributed by atoms with van der Waals surface area (Å²) in [6, 6.07) is 4.50. The van der Waals surface area contributed by atoms with Crippen LogP contribution in [0, 0.1) is 17.0 Å². The number of aromatic nitrogens is 1. The van der Waals surface area contributed by atoms with E-state index < -0.39 is 4.92 Å². The van der Waals surface area contributed by atoms with Crippen LogP contribution in [0.15, 0.2) is 23.7 Å². The van der Waals surface area contributed by atoms with Crippen LogP contribution in [-0.2, 0) is 6.54 Å². The van der Waals surface area contributed by atoms with Crippen LogP contribution in [0.5, 0.6) is 5.75 Å². The van der Waals surface area contributed by atoms with Gasteiger partial charge in [0, 0.05) is 10.9 Å². The van der Waals surface area contributed by atoms with Crippen LogP contribution < -0.4 is 10.1 Å². The van der Waals surface area contributed by atoms with Gasteiger partial charge in [-0.15, -0.1) is 11.3 Å². The maximum Gasteiger partial charge on any atom is 0.273 e. The van der Waals surface area contributed by atoms with Gasteiger partial charge in [-0.2, -0.15) is 0 Å². The second kappa shape index (κ2) is 5.66. The highest BCUT2D eigenvalue weighted by atomic mass is 32.1. The number of nitro benzene ring substituents is 1. The first kappa shape index (κ1) is 13.3. The van der Waals surface area contributed by atoms with Gasteiger partial charge in [-0.25, -0.2) is 4.98 Å². The molecule has 0 aliphatic carbocycles. The molecule has 0 spiro atoms. The van der Waals surface area contributed by atoms with Crippen molar-refractivity contribution in [2.75, 3.05) is 12.4 Å². The van der Waals surface area contributed by atoms with Gasteiger partial charge >= 0.3 is 0 Å². The molecular formula is C12H13N3O3S. The molecule has 1 aromatic carbocycles. The van der Waals surface area contributed by atoms with Gasteiger partial charge in [0.05, 0.1) is 41.5 Å². The molecule has 1 heterocycles. The predicted molar refractivity (Wildman–Crippen MR) is 73.8 cm³/mol. The fraction of sp³-hybridized carbons (Fsp3) is 0.250. The van der Waals surface area contributed by atoms with Gasteiger partial charge < -0.3 is 10.1 Å². The van der Waals surface area contributed by atoms with E-state index in [4.69, 9.17) is 4.74 Å². The van der Waals surface area contributed by atoms with Crippen molar-refractivity contribution in [3.8, 4) is 5.75 Å². The van der Waals surface area contributed by atoms with E-state index >= 15 is 0 Å². The molecule has 6 nitrogen and oxygen atoms in total. The maximum absolute atomic E-state index is 10.7. The zero-order valence-electron chi connectivity index (χ0n) is 10.5. The molecular weight excluding hydrogens is 266 g/mol. The molecule has 1 N–H and O–H groups in total. The normalized spacial score (nSPS) is 10.2. The number of nitrogens with one attached hydrogen (secondary N) is 1. The van der Waals surface area contributed by atoms with Crippen molar-refractivity contribution in [2.24, 2.45) is 0 Å². The smallest absolute Gasteiger partial charge is 0.273 e. The van der Waals surface area contributed by atoms with Crippen molar-refractivity contribution in [1.29, 1.82) is 0 Å². The number of nitrogens with zero attached hydrogens (tertiary/aromatic N) is 2. The summed E-state index contributed by atoms with van der Waals surface area (Å²) in [5, 5.41) is 13.9. The summed E-state index contributed by atoms with van der Waals surface area (Å²) >= 11 is 1.57. The van der Waals surface area contributed by atoms with Gasteiger partial charge in [0.2, 0.25) is 0 Å². The Hall–Kier alpha value is -2.15. The van der Waals surface area contributed by atoms with Gasteiger partial charge in [0.15, 0.2) is 0 Å². The molecule has 0 saturated carbocycles. The number of non-ortho nitro benzene ring substituents is 1. The molecule has 0 saturated heterocycles. The van der Waals surface area contributed by atoms with Crippen molar-refractivity contribution >= 4 is 22.7 Å². The zero-order chi connectivity index (χ0) is 13.8. The number of nitro groups is 1. The highest BCUT2D eigenvalue weighted by Crippen LogP contribution is 2.29. The van der Waals surface area contributed by atoms with Crippen molar-refractivity contribution in [1.82, 2.24) is 4.98 Å². The summed E-state index contributed by atoms with van der Waals surface area (Å²) in [5.74, 6) is 0.455. The Morgan fingerprint density at radius 2 is 2.32 bits per heavy atom. The summed E-state index contributed by atoms with van der Waals surface area (Å²) in [5.41, 5.74) is 3.51. The number of anilines is 1. The summed E-state index contributed by atoms with van der Waals surface area (Å²) in [6.07, 6.45) is 0.